The molecule has 0 amide bonds. The van der Waals surface area contributed by atoms with Gasteiger partial charge in [0.15, 0.2) is 0 Å². The minimum atomic E-state index is 0. The molecular formula is C11H21ClN4O. The van der Waals surface area contributed by atoms with Gasteiger partial charge in [0.05, 0.1) is 6.61 Å². The quantitative estimate of drug-likeness (QED) is 0.877. The van der Waals surface area contributed by atoms with Gasteiger partial charge in [-0.3, -0.25) is 0 Å². The molecule has 98 valence electrons. The maximum absolute atomic E-state index is 5.10. The summed E-state index contributed by atoms with van der Waals surface area (Å²) >= 11 is 0. The summed E-state index contributed by atoms with van der Waals surface area (Å²) in [4.78, 5) is 0. The van der Waals surface area contributed by atoms with E-state index in [2.05, 4.69) is 27.0 Å². The number of nitrogens with one attached hydrogen (secondary N) is 1. The molecule has 1 fully saturated rings. The minimum absolute atomic E-state index is 0. The highest BCUT2D eigenvalue weighted by Gasteiger charge is 2.33. The number of methoxy groups -OCH3 is 1. The number of halogens is 1. The minimum Gasteiger partial charge on any atom is -0.383 e. The molecule has 2 heterocycles. The van der Waals surface area contributed by atoms with Crippen molar-refractivity contribution in [1.29, 1.82) is 0 Å². The standard InChI is InChI=1S/C11H20N4O.ClH/c1-11(4-3-5-12-8-11)10-14-13-9-15(10)6-7-16-2;/h9,12H,3-8H2,1-2H3;1H. The fourth-order valence-corrected chi connectivity index (χ4v) is 2.32. The topological polar surface area (TPSA) is 52.0 Å². The Balaban J connectivity index is 0.00000144. The van der Waals surface area contributed by atoms with Crippen LogP contribution in [0.2, 0.25) is 0 Å². The summed E-state index contributed by atoms with van der Waals surface area (Å²) < 4.78 is 7.21. The largest absolute Gasteiger partial charge is 0.383 e. The summed E-state index contributed by atoms with van der Waals surface area (Å²) in [5.41, 5.74) is 0.114. The van der Waals surface area contributed by atoms with Crippen molar-refractivity contribution >= 4 is 12.4 Å². The van der Waals surface area contributed by atoms with Crippen molar-refractivity contribution in [2.75, 3.05) is 26.8 Å². The molecule has 0 aliphatic carbocycles. The molecular weight excluding hydrogens is 240 g/mol. The van der Waals surface area contributed by atoms with Crippen LogP contribution in [-0.2, 0) is 16.7 Å². The van der Waals surface area contributed by atoms with Crippen molar-refractivity contribution in [3.05, 3.63) is 12.2 Å². The predicted octanol–water partition coefficient (Wildman–Crippen LogP) is 0.987. The Bertz CT molecular complexity index is 336. The second kappa shape index (κ2) is 6.33. The molecule has 1 aromatic heterocycles. The summed E-state index contributed by atoms with van der Waals surface area (Å²) in [6.45, 7) is 5.88. The van der Waals surface area contributed by atoms with E-state index in [-0.39, 0.29) is 17.8 Å². The van der Waals surface area contributed by atoms with Crippen LogP contribution in [0.4, 0.5) is 0 Å². The zero-order valence-electron chi connectivity index (χ0n) is 10.5. The van der Waals surface area contributed by atoms with Crippen molar-refractivity contribution in [3.8, 4) is 0 Å². The zero-order chi connectivity index (χ0) is 11.4. The van der Waals surface area contributed by atoms with E-state index in [1.54, 1.807) is 13.4 Å². The van der Waals surface area contributed by atoms with Gasteiger partial charge in [0, 0.05) is 25.6 Å². The van der Waals surface area contributed by atoms with Gasteiger partial charge in [-0.2, -0.15) is 0 Å². The second-order valence-electron chi connectivity index (χ2n) is 4.68. The molecule has 1 aromatic rings. The molecule has 5 nitrogen and oxygen atoms in total. The number of ether oxygens (including phenoxy) is 1. The Morgan fingerprint density at radius 1 is 1.59 bits per heavy atom. The molecule has 1 saturated heterocycles. The van der Waals surface area contributed by atoms with E-state index < -0.39 is 0 Å². The first-order valence-electron chi connectivity index (χ1n) is 5.84. The summed E-state index contributed by atoms with van der Waals surface area (Å²) in [5.74, 6) is 1.08. The lowest BCUT2D eigenvalue weighted by molar-refractivity contribution is 0.183. The van der Waals surface area contributed by atoms with E-state index in [1.165, 1.54) is 12.8 Å². The van der Waals surface area contributed by atoms with Gasteiger partial charge in [0.25, 0.3) is 0 Å². The van der Waals surface area contributed by atoms with Crippen LogP contribution in [-0.4, -0.2) is 41.6 Å². The Morgan fingerprint density at radius 3 is 3.06 bits per heavy atom. The second-order valence-corrected chi connectivity index (χ2v) is 4.68. The van der Waals surface area contributed by atoms with Crippen molar-refractivity contribution < 1.29 is 4.74 Å². The van der Waals surface area contributed by atoms with Gasteiger partial charge in [-0.05, 0) is 19.4 Å². The van der Waals surface area contributed by atoms with Crippen LogP contribution in [0, 0.1) is 0 Å². The van der Waals surface area contributed by atoms with E-state index in [0.717, 1.165) is 25.5 Å². The number of rotatable bonds is 4. The van der Waals surface area contributed by atoms with Crippen LogP contribution >= 0.6 is 12.4 Å². The zero-order valence-corrected chi connectivity index (χ0v) is 11.3. The third-order valence-electron chi connectivity index (χ3n) is 3.29. The summed E-state index contributed by atoms with van der Waals surface area (Å²) in [7, 11) is 1.72. The molecule has 0 bridgehead atoms. The molecule has 2 rings (SSSR count). The lowest BCUT2D eigenvalue weighted by Crippen LogP contribution is -2.43. The van der Waals surface area contributed by atoms with Crippen LogP contribution in [0.5, 0.6) is 0 Å². The number of hydrogen-bond donors (Lipinski definition) is 1. The molecule has 1 aliphatic heterocycles. The fourth-order valence-electron chi connectivity index (χ4n) is 2.32. The normalized spacial score (nSPS) is 24.4. The highest BCUT2D eigenvalue weighted by atomic mass is 35.5. The van der Waals surface area contributed by atoms with E-state index >= 15 is 0 Å². The lowest BCUT2D eigenvalue weighted by Gasteiger charge is -2.33. The highest BCUT2D eigenvalue weighted by molar-refractivity contribution is 5.85. The summed E-state index contributed by atoms with van der Waals surface area (Å²) in [6.07, 6.45) is 4.17. The third-order valence-corrected chi connectivity index (χ3v) is 3.29. The monoisotopic (exact) mass is 260 g/mol. The summed E-state index contributed by atoms with van der Waals surface area (Å²) in [5, 5.41) is 11.7. The van der Waals surface area contributed by atoms with Crippen molar-refractivity contribution in [3.63, 3.8) is 0 Å². The van der Waals surface area contributed by atoms with Gasteiger partial charge in [0.2, 0.25) is 0 Å². The number of nitrogens with zero attached hydrogens (tertiary/aromatic N) is 3. The van der Waals surface area contributed by atoms with Crippen LogP contribution in [0.3, 0.4) is 0 Å². The average Bonchev–Trinajstić information content (AvgIpc) is 2.76. The van der Waals surface area contributed by atoms with Crippen LogP contribution < -0.4 is 5.32 Å². The van der Waals surface area contributed by atoms with Crippen molar-refractivity contribution in [2.45, 2.75) is 31.7 Å². The average molecular weight is 261 g/mol. The van der Waals surface area contributed by atoms with Gasteiger partial charge in [-0.15, -0.1) is 22.6 Å². The Morgan fingerprint density at radius 2 is 2.41 bits per heavy atom. The molecule has 0 radical (unpaired) electrons. The lowest BCUT2D eigenvalue weighted by atomic mass is 9.82. The molecule has 1 N–H and O–H groups in total. The van der Waals surface area contributed by atoms with Gasteiger partial charge < -0.3 is 14.6 Å². The van der Waals surface area contributed by atoms with E-state index in [0.29, 0.717) is 6.61 Å². The van der Waals surface area contributed by atoms with Gasteiger partial charge in [-0.25, -0.2) is 0 Å². The predicted molar refractivity (Wildman–Crippen MR) is 68.6 cm³/mol. The van der Waals surface area contributed by atoms with E-state index in [4.69, 9.17) is 4.74 Å². The van der Waals surface area contributed by atoms with Crippen LogP contribution in [0.1, 0.15) is 25.6 Å². The molecule has 0 aromatic carbocycles. The Kier molecular flexibility index (Phi) is 5.36. The maximum Gasteiger partial charge on any atom is 0.140 e. The SMILES string of the molecule is COCCn1cnnc1C1(C)CCCNC1.Cl. The first-order valence-corrected chi connectivity index (χ1v) is 5.84. The molecule has 0 spiro atoms. The smallest absolute Gasteiger partial charge is 0.140 e. The molecule has 1 unspecified atom stereocenters. The summed E-state index contributed by atoms with van der Waals surface area (Å²) in [6, 6.07) is 0. The third kappa shape index (κ3) is 3.18. The fraction of sp³-hybridized carbons (Fsp3) is 0.818. The van der Waals surface area contributed by atoms with Gasteiger partial charge in [0.1, 0.15) is 12.2 Å². The maximum atomic E-state index is 5.10. The molecule has 0 saturated carbocycles. The molecule has 6 heteroatoms. The van der Waals surface area contributed by atoms with Gasteiger partial charge >= 0.3 is 0 Å². The van der Waals surface area contributed by atoms with E-state index in [1.807, 2.05) is 0 Å². The first kappa shape index (κ1) is 14.4. The van der Waals surface area contributed by atoms with Crippen molar-refractivity contribution in [1.82, 2.24) is 20.1 Å². The molecule has 1 aliphatic rings. The van der Waals surface area contributed by atoms with Crippen molar-refractivity contribution in [2.24, 2.45) is 0 Å². The van der Waals surface area contributed by atoms with Crippen LogP contribution in [0.15, 0.2) is 6.33 Å². The highest BCUT2D eigenvalue weighted by Crippen LogP contribution is 2.28. The Labute approximate surface area is 108 Å². The Hall–Kier alpha value is -0.650. The number of aromatic nitrogens is 3. The first-order chi connectivity index (χ1) is 7.76. The molecule has 17 heavy (non-hydrogen) atoms. The van der Waals surface area contributed by atoms with E-state index in [9.17, 15) is 0 Å². The number of hydrogen-bond acceptors (Lipinski definition) is 4. The molecule has 1 atom stereocenters. The van der Waals surface area contributed by atoms with Crippen LogP contribution in [0.25, 0.3) is 0 Å². The number of piperidine rings is 1. The van der Waals surface area contributed by atoms with Gasteiger partial charge in [-0.1, -0.05) is 6.92 Å².